The van der Waals surface area contributed by atoms with Gasteiger partial charge in [-0.2, -0.15) is 0 Å². The Kier molecular flexibility index (Phi) is 11.3. The summed E-state index contributed by atoms with van der Waals surface area (Å²) in [4.78, 5) is 22.4. The Balaban J connectivity index is 0. The van der Waals surface area contributed by atoms with Gasteiger partial charge in [0.05, 0.1) is 0 Å². The molecular weight excluding hydrogens is 242 g/mol. The van der Waals surface area contributed by atoms with Gasteiger partial charge in [-0.15, -0.1) is 12.4 Å². The van der Waals surface area contributed by atoms with Crippen molar-refractivity contribution >= 4 is 24.2 Å². The topological polar surface area (TPSA) is 84.2 Å². The molecule has 2 amide bonds. The molecule has 0 saturated heterocycles. The quantitative estimate of drug-likeness (QED) is 0.584. The fourth-order valence-electron chi connectivity index (χ4n) is 1.04. The number of halogens is 1. The molecule has 6 heteroatoms. The largest absolute Gasteiger partial charge is 0.354 e. The third-order valence-electron chi connectivity index (χ3n) is 2.10. The van der Waals surface area contributed by atoms with Gasteiger partial charge in [0, 0.05) is 31.5 Å². The molecule has 0 saturated carbocycles. The van der Waals surface area contributed by atoms with Crippen molar-refractivity contribution in [3.63, 3.8) is 0 Å². The standard InChI is InChI=1S/C11H23N3O2.ClH/c1-8(2)11(16)14-7-6-13-10(15)5-4-9(3)12;/h8-9H,4-7,12H2,1-3H3,(H,13,15)(H,14,16);1H. The summed E-state index contributed by atoms with van der Waals surface area (Å²) in [6.45, 7) is 6.47. The molecule has 4 N–H and O–H groups in total. The Morgan fingerprint density at radius 3 is 2.12 bits per heavy atom. The van der Waals surface area contributed by atoms with Crippen LogP contribution < -0.4 is 16.4 Å². The molecule has 1 atom stereocenters. The third-order valence-corrected chi connectivity index (χ3v) is 2.10. The predicted octanol–water partition coefficient (Wildman–Crippen LogP) is 0.424. The van der Waals surface area contributed by atoms with Gasteiger partial charge in [0.2, 0.25) is 11.8 Å². The van der Waals surface area contributed by atoms with E-state index >= 15 is 0 Å². The fourth-order valence-corrected chi connectivity index (χ4v) is 1.04. The lowest BCUT2D eigenvalue weighted by Gasteiger charge is -2.09. The van der Waals surface area contributed by atoms with Gasteiger partial charge < -0.3 is 16.4 Å². The second-order valence-corrected chi connectivity index (χ2v) is 4.31. The average molecular weight is 266 g/mol. The second kappa shape index (κ2) is 10.4. The zero-order chi connectivity index (χ0) is 12.6. The molecule has 0 aromatic rings. The highest BCUT2D eigenvalue weighted by molar-refractivity contribution is 5.85. The van der Waals surface area contributed by atoms with Gasteiger partial charge in [0.15, 0.2) is 0 Å². The summed E-state index contributed by atoms with van der Waals surface area (Å²) in [5, 5.41) is 5.45. The van der Waals surface area contributed by atoms with E-state index in [0.29, 0.717) is 25.9 Å². The Labute approximate surface area is 109 Å². The zero-order valence-corrected chi connectivity index (χ0v) is 11.6. The number of carbonyl (C=O) groups is 2. The van der Waals surface area contributed by atoms with E-state index in [4.69, 9.17) is 5.73 Å². The number of nitrogens with two attached hydrogens (primary N) is 1. The van der Waals surface area contributed by atoms with Crippen LogP contribution in [0.3, 0.4) is 0 Å². The molecule has 0 radical (unpaired) electrons. The fraction of sp³-hybridized carbons (Fsp3) is 0.818. The van der Waals surface area contributed by atoms with Gasteiger partial charge in [-0.05, 0) is 13.3 Å². The lowest BCUT2D eigenvalue weighted by molar-refractivity contribution is -0.124. The monoisotopic (exact) mass is 265 g/mol. The van der Waals surface area contributed by atoms with Gasteiger partial charge in [-0.25, -0.2) is 0 Å². The van der Waals surface area contributed by atoms with Crippen molar-refractivity contribution in [2.45, 2.75) is 39.7 Å². The van der Waals surface area contributed by atoms with Crippen LogP contribution in [0.5, 0.6) is 0 Å². The molecule has 0 spiro atoms. The lowest BCUT2D eigenvalue weighted by Crippen LogP contribution is -2.36. The molecule has 0 aromatic carbocycles. The average Bonchev–Trinajstić information content (AvgIpc) is 2.20. The van der Waals surface area contributed by atoms with Gasteiger partial charge in [0.25, 0.3) is 0 Å². The Morgan fingerprint density at radius 1 is 1.12 bits per heavy atom. The van der Waals surface area contributed by atoms with E-state index in [1.165, 1.54) is 0 Å². The minimum absolute atomic E-state index is 0. The number of rotatable bonds is 7. The number of hydrogen-bond acceptors (Lipinski definition) is 3. The van der Waals surface area contributed by atoms with E-state index in [9.17, 15) is 9.59 Å². The van der Waals surface area contributed by atoms with Crippen LogP contribution in [0.1, 0.15) is 33.6 Å². The minimum Gasteiger partial charge on any atom is -0.354 e. The van der Waals surface area contributed by atoms with Crippen LogP contribution in [0, 0.1) is 5.92 Å². The van der Waals surface area contributed by atoms with Crippen molar-refractivity contribution in [3.05, 3.63) is 0 Å². The molecule has 0 aliphatic rings. The van der Waals surface area contributed by atoms with E-state index < -0.39 is 0 Å². The first-order valence-electron chi connectivity index (χ1n) is 5.73. The van der Waals surface area contributed by atoms with Crippen LogP contribution in [0.4, 0.5) is 0 Å². The number of amides is 2. The summed E-state index contributed by atoms with van der Waals surface area (Å²) < 4.78 is 0. The first-order valence-corrected chi connectivity index (χ1v) is 5.73. The first-order chi connectivity index (χ1) is 7.43. The predicted molar refractivity (Wildman–Crippen MR) is 71.0 cm³/mol. The second-order valence-electron chi connectivity index (χ2n) is 4.31. The highest BCUT2D eigenvalue weighted by atomic mass is 35.5. The molecule has 0 bridgehead atoms. The SMILES string of the molecule is CC(N)CCC(=O)NCCNC(=O)C(C)C.Cl. The minimum atomic E-state index is -0.0196. The smallest absolute Gasteiger partial charge is 0.222 e. The Hall–Kier alpha value is -0.810. The van der Waals surface area contributed by atoms with Crippen LogP contribution in [0.2, 0.25) is 0 Å². The molecule has 0 fully saturated rings. The normalized spacial score (nSPS) is 11.6. The number of hydrogen-bond donors (Lipinski definition) is 3. The number of nitrogens with one attached hydrogen (secondary N) is 2. The summed E-state index contributed by atoms with van der Waals surface area (Å²) in [5.41, 5.74) is 5.53. The van der Waals surface area contributed by atoms with Gasteiger partial charge in [0.1, 0.15) is 0 Å². The van der Waals surface area contributed by atoms with Crippen LogP contribution in [-0.4, -0.2) is 30.9 Å². The maximum Gasteiger partial charge on any atom is 0.222 e. The van der Waals surface area contributed by atoms with Crippen molar-refractivity contribution in [3.8, 4) is 0 Å². The van der Waals surface area contributed by atoms with Crippen molar-refractivity contribution in [2.24, 2.45) is 11.7 Å². The van der Waals surface area contributed by atoms with E-state index in [2.05, 4.69) is 10.6 Å². The molecule has 0 aliphatic heterocycles. The van der Waals surface area contributed by atoms with Crippen molar-refractivity contribution in [1.29, 1.82) is 0 Å². The van der Waals surface area contributed by atoms with Crippen molar-refractivity contribution < 1.29 is 9.59 Å². The summed E-state index contributed by atoms with van der Waals surface area (Å²) in [6.07, 6.45) is 1.12. The van der Waals surface area contributed by atoms with E-state index in [1.807, 2.05) is 20.8 Å². The van der Waals surface area contributed by atoms with Crippen LogP contribution >= 0.6 is 12.4 Å². The van der Waals surface area contributed by atoms with E-state index in [1.54, 1.807) is 0 Å². The summed E-state index contributed by atoms with van der Waals surface area (Å²) in [7, 11) is 0. The first kappa shape index (κ1) is 18.6. The maximum absolute atomic E-state index is 11.2. The molecule has 1 unspecified atom stereocenters. The maximum atomic E-state index is 11.2. The van der Waals surface area contributed by atoms with E-state index in [0.717, 1.165) is 0 Å². The summed E-state index contributed by atoms with van der Waals surface area (Å²) >= 11 is 0. The summed E-state index contributed by atoms with van der Waals surface area (Å²) in [6, 6.07) is 0.0476. The Bertz CT molecular complexity index is 233. The van der Waals surface area contributed by atoms with Crippen LogP contribution in [-0.2, 0) is 9.59 Å². The van der Waals surface area contributed by atoms with Gasteiger partial charge >= 0.3 is 0 Å². The molecule has 102 valence electrons. The third kappa shape index (κ3) is 11.5. The summed E-state index contributed by atoms with van der Waals surface area (Å²) in [5.74, 6) is -0.0327. The molecular formula is C11H24ClN3O2. The zero-order valence-electron chi connectivity index (χ0n) is 10.8. The molecule has 0 rings (SSSR count). The molecule has 0 aliphatic carbocycles. The highest BCUT2D eigenvalue weighted by Gasteiger charge is 2.06. The van der Waals surface area contributed by atoms with Crippen molar-refractivity contribution in [1.82, 2.24) is 10.6 Å². The molecule has 0 heterocycles. The highest BCUT2D eigenvalue weighted by Crippen LogP contribution is 1.92. The van der Waals surface area contributed by atoms with Crippen LogP contribution in [0.15, 0.2) is 0 Å². The van der Waals surface area contributed by atoms with Gasteiger partial charge in [-0.1, -0.05) is 13.8 Å². The molecule has 5 nitrogen and oxygen atoms in total. The van der Waals surface area contributed by atoms with Crippen LogP contribution in [0.25, 0.3) is 0 Å². The van der Waals surface area contributed by atoms with Crippen molar-refractivity contribution in [2.75, 3.05) is 13.1 Å². The van der Waals surface area contributed by atoms with Gasteiger partial charge in [-0.3, -0.25) is 9.59 Å². The number of carbonyl (C=O) groups excluding carboxylic acids is 2. The Morgan fingerprint density at radius 2 is 1.65 bits per heavy atom. The molecule has 17 heavy (non-hydrogen) atoms. The van der Waals surface area contributed by atoms with E-state index in [-0.39, 0.29) is 36.2 Å². The molecule has 0 aromatic heterocycles. The lowest BCUT2D eigenvalue weighted by atomic mass is 10.2.